The van der Waals surface area contributed by atoms with Crippen LogP contribution >= 0.6 is 0 Å². The van der Waals surface area contributed by atoms with Crippen LogP contribution in [0, 0.1) is 21.4 Å². The number of nitrogens with zero attached hydrogens (tertiary/aromatic N) is 1. The van der Waals surface area contributed by atoms with Crippen LogP contribution in [-0.4, -0.2) is 24.0 Å². The highest BCUT2D eigenvalue weighted by molar-refractivity contribution is 5.70. The average Bonchev–Trinajstić information content (AvgIpc) is 2.46. The summed E-state index contributed by atoms with van der Waals surface area (Å²) in [6.45, 7) is 4.04. The lowest BCUT2D eigenvalue weighted by molar-refractivity contribution is -0.497. The first-order valence-electron chi connectivity index (χ1n) is 5.75. The van der Waals surface area contributed by atoms with Crippen molar-refractivity contribution in [2.45, 2.75) is 39.5 Å². The molecule has 0 amide bonds. The topological polar surface area (TPSA) is 69.4 Å². The average molecular weight is 229 g/mol. The first-order valence-corrected chi connectivity index (χ1v) is 5.75. The maximum atomic E-state index is 11.4. The molecule has 0 N–H and O–H groups in total. The molecule has 0 spiro atoms. The highest BCUT2D eigenvalue weighted by atomic mass is 16.6. The second kappa shape index (κ2) is 5.27. The lowest BCUT2D eigenvalue weighted by Crippen LogP contribution is -2.30. The van der Waals surface area contributed by atoms with Gasteiger partial charge in [-0.25, -0.2) is 0 Å². The van der Waals surface area contributed by atoms with Crippen molar-refractivity contribution in [3.63, 3.8) is 0 Å². The van der Waals surface area contributed by atoms with E-state index in [-0.39, 0.29) is 23.9 Å². The van der Waals surface area contributed by atoms with E-state index in [9.17, 15) is 14.9 Å². The van der Waals surface area contributed by atoms with Crippen LogP contribution in [0.4, 0.5) is 0 Å². The zero-order valence-corrected chi connectivity index (χ0v) is 9.90. The molecule has 0 aromatic rings. The second-order valence-electron chi connectivity index (χ2n) is 4.82. The summed E-state index contributed by atoms with van der Waals surface area (Å²) in [4.78, 5) is 21.8. The van der Waals surface area contributed by atoms with Crippen LogP contribution in [0.2, 0.25) is 0 Å². The Hall–Kier alpha value is -1.13. The van der Waals surface area contributed by atoms with Crippen LogP contribution in [0.1, 0.15) is 39.5 Å². The number of hydrogen-bond donors (Lipinski definition) is 0. The van der Waals surface area contributed by atoms with Crippen molar-refractivity contribution in [1.82, 2.24) is 0 Å². The number of hydrogen-bond acceptors (Lipinski definition) is 4. The minimum absolute atomic E-state index is 0.115. The number of rotatable bonds is 5. The Bertz CT molecular complexity index is 279. The van der Waals surface area contributed by atoms with Gasteiger partial charge in [-0.15, -0.1) is 0 Å². The predicted octanol–water partition coefficient (Wildman–Crippen LogP) is 2.02. The van der Waals surface area contributed by atoms with Crippen molar-refractivity contribution < 1.29 is 14.5 Å². The third-order valence-corrected chi connectivity index (χ3v) is 3.24. The second-order valence-corrected chi connectivity index (χ2v) is 4.82. The number of esters is 1. The van der Waals surface area contributed by atoms with Gasteiger partial charge < -0.3 is 4.74 Å². The molecule has 5 heteroatoms. The molecular weight excluding hydrogens is 210 g/mol. The van der Waals surface area contributed by atoms with Gasteiger partial charge in [-0.2, -0.15) is 0 Å². The van der Waals surface area contributed by atoms with Crippen LogP contribution in [0.15, 0.2) is 0 Å². The Morgan fingerprint density at radius 1 is 1.62 bits per heavy atom. The van der Waals surface area contributed by atoms with E-state index >= 15 is 0 Å². The summed E-state index contributed by atoms with van der Waals surface area (Å²) in [5.41, 5.74) is -0.463. The Morgan fingerprint density at radius 3 is 2.75 bits per heavy atom. The van der Waals surface area contributed by atoms with Gasteiger partial charge in [-0.1, -0.05) is 6.92 Å². The lowest BCUT2D eigenvalue weighted by Gasteiger charge is -2.23. The molecule has 1 aliphatic carbocycles. The van der Waals surface area contributed by atoms with Crippen LogP contribution in [0.5, 0.6) is 0 Å². The minimum atomic E-state index is -0.463. The number of carbonyl (C=O) groups is 1. The van der Waals surface area contributed by atoms with E-state index in [2.05, 4.69) is 6.92 Å². The van der Waals surface area contributed by atoms with Crippen molar-refractivity contribution in [1.29, 1.82) is 0 Å². The van der Waals surface area contributed by atoms with Crippen molar-refractivity contribution >= 4 is 5.97 Å². The molecule has 0 aliphatic heterocycles. The lowest BCUT2D eigenvalue weighted by atomic mass is 9.82. The predicted molar refractivity (Wildman–Crippen MR) is 58.6 cm³/mol. The normalized spacial score (nSPS) is 29.0. The first kappa shape index (κ1) is 12.9. The van der Waals surface area contributed by atoms with Gasteiger partial charge in [-0.3, -0.25) is 14.9 Å². The quantitative estimate of drug-likeness (QED) is 0.411. The Kier molecular flexibility index (Phi) is 4.26. The minimum Gasteiger partial charge on any atom is -0.466 e. The zero-order chi connectivity index (χ0) is 12.2. The smallest absolute Gasteiger partial charge is 0.306 e. The summed E-state index contributed by atoms with van der Waals surface area (Å²) in [5.74, 6) is 0.160. The van der Waals surface area contributed by atoms with Crippen molar-refractivity contribution in [3.05, 3.63) is 10.1 Å². The third kappa shape index (κ3) is 3.47. The summed E-state index contributed by atoms with van der Waals surface area (Å²) >= 11 is 0. The monoisotopic (exact) mass is 229 g/mol. The SMILES string of the molecule is CCOC(=O)CC1(C[N+](=O)[O-])CC[C@@H](C)C1. The molecule has 1 saturated carbocycles. The van der Waals surface area contributed by atoms with Gasteiger partial charge in [0.15, 0.2) is 0 Å². The maximum Gasteiger partial charge on any atom is 0.306 e. The van der Waals surface area contributed by atoms with Gasteiger partial charge in [0.25, 0.3) is 0 Å². The molecular formula is C11H19NO4. The molecule has 0 heterocycles. The fourth-order valence-corrected chi connectivity index (χ4v) is 2.65. The number of nitro groups is 1. The van der Waals surface area contributed by atoms with Crippen LogP contribution in [0.25, 0.3) is 0 Å². The molecule has 5 nitrogen and oxygen atoms in total. The molecule has 16 heavy (non-hydrogen) atoms. The van der Waals surface area contributed by atoms with Gasteiger partial charge in [0, 0.05) is 10.3 Å². The maximum absolute atomic E-state index is 11.4. The molecule has 1 rings (SSSR count). The summed E-state index contributed by atoms with van der Waals surface area (Å²) in [6.07, 6.45) is 2.67. The fraction of sp³-hybridized carbons (Fsp3) is 0.909. The first-order chi connectivity index (χ1) is 7.47. The van der Waals surface area contributed by atoms with Crippen molar-refractivity contribution in [2.24, 2.45) is 11.3 Å². The van der Waals surface area contributed by atoms with Gasteiger partial charge in [0.05, 0.1) is 13.0 Å². The zero-order valence-electron chi connectivity index (χ0n) is 9.90. The van der Waals surface area contributed by atoms with Gasteiger partial charge in [0.1, 0.15) is 0 Å². The molecule has 0 saturated heterocycles. The molecule has 92 valence electrons. The molecule has 1 aliphatic rings. The van der Waals surface area contributed by atoms with Crippen LogP contribution < -0.4 is 0 Å². The molecule has 2 atom stereocenters. The highest BCUT2D eigenvalue weighted by Crippen LogP contribution is 2.44. The van der Waals surface area contributed by atoms with Crippen molar-refractivity contribution in [3.8, 4) is 0 Å². The number of carbonyl (C=O) groups excluding carboxylic acids is 1. The standard InChI is InChI=1S/C11H19NO4/c1-3-16-10(13)7-11(8-12(14)15)5-4-9(2)6-11/h9H,3-8H2,1-2H3/t9-,11?/m1/s1. The van der Waals surface area contributed by atoms with E-state index in [0.29, 0.717) is 12.5 Å². The van der Waals surface area contributed by atoms with E-state index in [4.69, 9.17) is 4.74 Å². The molecule has 0 radical (unpaired) electrons. The van der Waals surface area contributed by atoms with E-state index in [1.165, 1.54) is 0 Å². The fourth-order valence-electron chi connectivity index (χ4n) is 2.65. The van der Waals surface area contributed by atoms with Gasteiger partial charge >= 0.3 is 5.97 Å². The summed E-state index contributed by atoms with van der Waals surface area (Å²) in [6, 6.07) is 0. The summed E-state index contributed by atoms with van der Waals surface area (Å²) < 4.78 is 4.88. The summed E-state index contributed by atoms with van der Waals surface area (Å²) in [5, 5.41) is 10.7. The van der Waals surface area contributed by atoms with E-state index in [1.807, 2.05) is 0 Å². The van der Waals surface area contributed by atoms with E-state index in [0.717, 1.165) is 19.3 Å². The molecule has 0 aromatic carbocycles. The molecule has 1 fully saturated rings. The molecule has 0 aromatic heterocycles. The Balaban J connectivity index is 2.64. The highest BCUT2D eigenvalue weighted by Gasteiger charge is 2.43. The molecule has 0 bridgehead atoms. The Labute approximate surface area is 95.3 Å². The van der Waals surface area contributed by atoms with Crippen LogP contribution in [0.3, 0.4) is 0 Å². The largest absolute Gasteiger partial charge is 0.466 e. The van der Waals surface area contributed by atoms with Crippen LogP contribution in [-0.2, 0) is 9.53 Å². The van der Waals surface area contributed by atoms with E-state index < -0.39 is 5.41 Å². The Morgan fingerprint density at radius 2 is 2.31 bits per heavy atom. The van der Waals surface area contributed by atoms with E-state index in [1.54, 1.807) is 6.92 Å². The summed E-state index contributed by atoms with van der Waals surface area (Å²) in [7, 11) is 0. The van der Waals surface area contributed by atoms with Gasteiger partial charge in [0.2, 0.25) is 6.54 Å². The number of ether oxygens (including phenoxy) is 1. The molecule has 1 unspecified atom stereocenters. The third-order valence-electron chi connectivity index (χ3n) is 3.24. The van der Waals surface area contributed by atoms with Gasteiger partial charge in [-0.05, 0) is 32.1 Å². The van der Waals surface area contributed by atoms with Crippen molar-refractivity contribution in [2.75, 3.05) is 13.2 Å².